The normalized spacial score (nSPS) is 12.0. The van der Waals surface area contributed by atoms with Gasteiger partial charge in [0.1, 0.15) is 23.8 Å². The summed E-state index contributed by atoms with van der Waals surface area (Å²) < 4.78 is 29.9. The summed E-state index contributed by atoms with van der Waals surface area (Å²) in [5.41, 5.74) is 11.3. The molecule has 346 valence electrons. The molecule has 0 aliphatic heterocycles. The molecule has 11 aromatic carbocycles. The molecule has 0 amide bonds. The molecule has 11 aromatic rings. The summed E-state index contributed by atoms with van der Waals surface area (Å²) in [5.74, 6) is -0.760. The highest BCUT2D eigenvalue weighted by Crippen LogP contribution is 2.50. The maximum atomic E-state index is 14.9. The zero-order valence-corrected chi connectivity index (χ0v) is 39.7. The highest BCUT2D eigenvalue weighted by molar-refractivity contribution is 6.28. The van der Waals surface area contributed by atoms with E-state index in [1.807, 2.05) is 153 Å². The van der Waals surface area contributed by atoms with Crippen molar-refractivity contribution in [3.05, 3.63) is 282 Å². The van der Waals surface area contributed by atoms with Gasteiger partial charge in [0.25, 0.3) is 0 Å². The van der Waals surface area contributed by atoms with Crippen molar-refractivity contribution in [2.24, 2.45) is 0 Å². The third-order valence-electron chi connectivity index (χ3n) is 13.4. The standard InChI is InChI=1S/C67H44F2N4/c1-2-46(47-17-9-4-10-18-47)40-53(43-70)64(39-45-15-7-3-8-16-45)72(57-31-27-55(68)28-32-57)62-37-25-50-24-36-60-63(38-26-51-23-35-59(62)65(50)66(51)60)73(58-33-29-56(69)30-34-58)67-54(44-71)41-52(48-19-11-5-12-20-48)42-61(67)49-21-13-6-14-22-49/h2-42H,1H3/b46-2+,53-40-,64-39?. The van der Waals surface area contributed by atoms with E-state index in [0.717, 1.165) is 82.6 Å². The van der Waals surface area contributed by atoms with E-state index < -0.39 is 0 Å². The first-order valence-corrected chi connectivity index (χ1v) is 24.0. The first-order chi connectivity index (χ1) is 35.9. The average molecular weight is 943 g/mol. The summed E-state index contributed by atoms with van der Waals surface area (Å²) in [5, 5.41) is 28.2. The fourth-order valence-corrected chi connectivity index (χ4v) is 9.99. The van der Waals surface area contributed by atoms with Gasteiger partial charge in [-0.3, -0.25) is 0 Å². The van der Waals surface area contributed by atoms with E-state index in [9.17, 15) is 19.3 Å². The second kappa shape index (κ2) is 19.9. The van der Waals surface area contributed by atoms with Gasteiger partial charge in [-0.1, -0.05) is 164 Å². The van der Waals surface area contributed by atoms with E-state index >= 15 is 0 Å². The van der Waals surface area contributed by atoms with Crippen LogP contribution in [0.2, 0.25) is 0 Å². The molecule has 0 saturated heterocycles. The van der Waals surface area contributed by atoms with Crippen LogP contribution >= 0.6 is 0 Å². The number of anilines is 5. The van der Waals surface area contributed by atoms with E-state index in [2.05, 4.69) is 76.5 Å². The Morgan fingerprint density at radius 3 is 1.60 bits per heavy atom. The van der Waals surface area contributed by atoms with E-state index in [1.165, 1.54) is 24.3 Å². The van der Waals surface area contributed by atoms with Crippen LogP contribution in [0.25, 0.3) is 66.2 Å². The predicted octanol–water partition coefficient (Wildman–Crippen LogP) is 18.3. The van der Waals surface area contributed by atoms with Crippen molar-refractivity contribution in [3.8, 4) is 34.4 Å². The molecule has 0 bridgehead atoms. The molecule has 6 heteroatoms. The molecule has 0 atom stereocenters. The van der Waals surface area contributed by atoms with E-state index in [1.54, 1.807) is 24.3 Å². The monoisotopic (exact) mass is 942 g/mol. The number of benzene rings is 11. The smallest absolute Gasteiger partial charge is 0.123 e. The Hall–Kier alpha value is -9.88. The Bertz CT molecular complexity index is 3990. The minimum atomic E-state index is -0.382. The van der Waals surface area contributed by atoms with Gasteiger partial charge < -0.3 is 9.80 Å². The van der Waals surface area contributed by atoms with Gasteiger partial charge in [0.2, 0.25) is 0 Å². The van der Waals surface area contributed by atoms with E-state index in [-0.39, 0.29) is 11.6 Å². The SMILES string of the molecule is C/C=C(\C=C(\C#N)C(=Cc1ccccc1)N(c1ccc(F)cc1)c1ccc2ccc3c(N(c4ccc(F)cc4)c4c(C#N)cc(-c5ccccc5)cc4-c4ccccc4)ccc4ccc1c2c43)c1ccccc1. The average Bonchev–Trinajstić information content (AvgIpc) is 3.45. The first-order valence-electron chi connectivity index (χ1n) is 24.0. The highest BCUT2D eigenvalue weighted by atomic mass is 19.1. The van der Waals surface area contributed by atoms with Crippen molar-refractivity contribution in [1.29, 1.82) is 10.5 Å². The Balaban J connectivity index is 1.19. The minimum absolute atomic E-state index is 0.377. The van der Waals surface area contributed by atoms with Crippen LogP contribution in [0.15, 0.2) is 254 Å². The van der Waals surface area contributed by atoms with Gasteiger partial charge in [0, 0.05) is 27.7 Å². The molecule has 0 aliphatic rings. The Morgan fingerprint density at radius 1 is 0.507 bits per heavy atom. The molecular weight excluding hydrogens is 899 g/mol. The van der Waals surface area contributed by atoms with Crippen LogP contribution in [-0.2, 0) is 0 Å². The Kier molecular flexibility index (Phi) is 12.4. The maximum Gasteiger partial charge on any atom is 0.123 e. The third-order valence-corrected chi connectivity index (χ3v) is 13.4. The zero-order valence-electron chi connectivity index (χ0n) is 39.7. The predicted molar refractivity (Wildman–Crippen MR) is 297 cm³/mol. The molecule has 73 heavy (non-hydrogen) atoms. The number of halogens is 2. The summed E-state index contributed by atoms with van der Waals surface area (Å²) in [7, 11) is 0. The molecule has 0 aliphatic carbocycles. The fraction of sp³-hybridized carbons (Fsp3) is 0.0149. The second-order valence-electron chi connectivity index (χ2n) is 17.7. The van der Waals surface area contributed by atoms with Crippen LogP contribution in [0.1, 0.15) is 23.6 Å². The van der Waals surface area contributed by atoms with Gasteiger partial charge in [-0.05, 0) is 147 Å². The molecule has 0 fully saturated rings. The van der Waals surface area contributed by atoms with E-state index in [4.69, 9.17) is 0 Å². The van der Waals surface area contributed by atoms with E-state index in [0.29, 0.717) is 33.9 Å². The number of nitriles is 2. The van der Waals surface area contributed by atoms with Crippen molar-refractivity contribution in [2.45, 2.75) is 6.92 Å². The van der Waals surface area contributed by atoms with Crippen molar-refractivity contribution in [1.82, 2.24) is 0 Å². The molecule has 0 radical (unpaired) electrons. The lowest BCUT2D eigenvalue weighted by Crippen LogP contribution is -2.18. The molecule has 0 N–H and O–H groups in total. The summed E-state index contributed by atoms with van der Waals surface area (Å²) >= 11 is 0. The number of nitrogens with zero attached hydrogens (tertiary/aromatic N) is 4. The van der Waals surface area contributed by atoms with Gasteiger partial charge in [-0.25, -0.2) is 8.78 Å². The first kappa shape index (κ1) is 45.6. The van der Waals surface area contributed by atoms with Crippen LogP contribution < -0.4 is 9.80 Å². The number of hydrogen-bond donors (Lipinski definition) is 0. The van der Waals surface area contributed by atoms with Crippen molar-refractivity contribution in [2.75, 3.05) is 9.80 Å². The molecule has 0 unspecified atom stereocenters. The largest absolute Gasteiger partial charge is 0.309 e. The lowest BCUT2D eigenvalue weighted by molar-refractivity contribution is 0.627. The van der Waals surface area contributed by atoms with Crippen molar-refractivity contribution >= 4 is 72.4 Å². The minimum Gasteiger partial charge on any atom is -0.309 e. The van der Waals surface area contributed by atoms with Crippen LogP contribution in [0.5, 0.6) is 0 Å². The van der Waals surface area contributed by atoms with Crippen molar-refractivity contribution in [3.63, 3.8) is 0 Å². The van der Waals surface area contributed by atoms with Gasteiger partial charge in [-0.15, -0.1) is 0 Å². The lowest BCUT2D eigenvalue weighted by Gasteiger charge is -2.32. The van der Waals surface area contributed by atoms with Gasteiger partial charge in [-0.2, -0.15) is 10.5 Å². The Labute approximate surface area is 423 Å². The van der Waals surface area contributed by atoms with Crippen molar-refractivity contribution < 1.29 is 8.78 Å². The number of hydrogen-bond acceptors (Lipinski definition) is 4. The molecular formula is C67H44F2N4. The molecule has 11 rings (SSSR count). The Morgan fingerprint density at radius 2 is 1.03 bits per heavy atom. The third kappa shape index (κ3) is 8.76. The molecule has 0 saturated carbocycles. The summed E-state index contributed by atoms with van der Waals surface area (Å²) in [6, 6.07) is 78.7. The quantitative estimate of drug-likeness (QED) is 0.0696. The molecule has 4 nitrogen and oxygen atoms in total. The maximum absolute atomic E-state index is 14.9. The summed E-state index contributed by atoms with van der Waals surface area (Å²) in [4.78, 5) is 4.14. The molecule has 0 heterocycles. The van der Waals surface area contributed by atoms with Crippen LogP contribution in [0.4, 0.5) is 37.2 Å². The number of allylic oxidation sites excluding steroid dienone is 4. The summed E-state index contributed by atoms with van der Waals surface area (Å²) in [6.07, 6.45) is 5.92. The highest BCUT2D eigenvalue weighted by Gasteiger charge is 2.27. The van der Waals surface area contributed by atoms with Crippen LogP contribution in [0.3, 0.4) is 0 Å². The summed E-state index contributed by atoms with van der Waals surface area (Å²) in [6.45, 7) is 1.96. The molecule has 0 aromatic heterocycles. The van der Waals surface area contributed by atoms with Gasteiger partial charge in [0.15, 0.2) is 0 Å². The van der Waals surface area contributed by atoms with Gasteiger partial charge >= 0.3 is 0 Å². The number of rotatable bonds is 12. The van der Waals surface area contributed by atoms with Gasteiger partial charge in [0.05, 0.1) is 33.9 Å². The topological polar surface area (TPSA) is 54.1 Å². The molecule has 0 spiro atoms. The van der Waals surface area contributed by atoms with Crippen LogP contribution in [0, 0.1) is 34.3 Å². The van der Waals surface area contributed by atoms with Crippen LogP contribution in [-0.4, -0.2) is 0 Å². The lowest BCUT2D eigenvalue weighted by atomic mass is 9.90. The second-order valence-corrected chi connectivity index (χ2v) is 17.7. The fourth-order valence-electron chi connectivity index (χ4n) is 9.99. The zero-order chi connectivity index (χ0) is 49.8.